The first kappa shape index (κ1) is 20.4. The number of halogens is 1. The molecule has 7 heteroatoms. The fourth-order valence-corrected chi connectivity index (χ4v) is 4.63. The highest BCUT2D eigenvalue weighted by Crippen LogP contribution is 2.46. The van der Waals surface area contributed by atoms with E-state index in [4.69, 9.17) is 16.3 Å². The van der Waals surface area contributed by atoms with Crippen molar-refractivity contribution in [2.24, 2.45) is 0 Å². The number of anilines is 2. The van der Waals surface area contributed by atoms with Crippen LogP contribution in [0.2, 0.25) is 5.02 Å². The third-order valence-corrected chi connectivity index (χ3v) is 6.11. The molecule has 3 amide bonds. The third kappa shape index (κ3) is 3.56. The number of nitrogens with zero attached hydrogens (tertiary/aromatic N) is 1. The van der Waals surface area contributed by atoms with Crippen molar-refractivity contribution in [3.8, 4) is 5.75 Å². The van der Waals surface area contributed by atoms with E-state index >= 15 is 0 Å². The molecule has 2 bridgehead atoms. The monoisotopic (exact) mass is 447 g/mol. The van der Waals surface area contributed by atoms with Crippen molar-refractivity contribution in [2.75, 3.05) is 10.2 Å². The van der Waals surface area contributed by atoms with Crippen molar-refractivity contribution in [1.82, 2.24) is 5.32 Å². The van der Waals surface area contributed by atoms with Crippen molar-refractivity contribution in [3.05, 3.63) is 88.4 Å². The second-order valence-corrected chi connectivity index (χ2v) is 8.81. The van der Waals surface area contributed by atoms with E-state index in [2.05, 4.69) is 10.6 Å². The first-order valence-electron chi connectivity index (χ1n) is 10.4. The van der Waals surface area contributed by atoms with E-state index < -0.39 is 5.72 Å². The van der Waals surface area contributed by atoms with Gasteiger partial charge >= 0.3 is 6.03 Å². The Hall–Kier alpha value is -3.51. The lowest BCUT2D eigenvalue weighted by Crippen LogP contribution is -2.65. The molecule has 1 saturated heterocycles. The molecule has 0 spiro atoms. The van der Waals surface area contributed by atoms with Gasteiger partial charge < -0.3 is 15.4 Å². The zero-order valence-corrected chi connectivity index (χ0v) is 18.4. The molecule has 2 atom stereocenters. The summed E-state index contributed by atoms with van der Waals surface area (Å²) in [6.07, 6.45) is 0.547. The lowest BCUT2D eigenvalue weighted by atomic mass is 9.90. The molecule has 5 rings (SSSR count). The normalized spacial score (nSPS) is 21.3. The average Bonchev–Trinajstić information content (AvgIpc) is 2.74. The maximum absolute atomic E-state index is 13.1. The molecule has 6 nitrogen and oxygen atoms in total. The molecule has 2 heterocycles. The van der Waals surface area contributed by atoms with Gasteiger partial charge in [-0.3, -0.25) is 9.69 Å². The van der Waals surface area contributed by atoms with Crippen LogP contribution in [0.3, 0.4) is 0 Å². The van der Waals surface area contributed by atoms with Gasteiger partial charge in [0.05, 0.1) is 11.7 Å². The molecule has 32 heavy (non-hydrogen) atoms. The van der Waals surface area contributed by atoms with E-state index in [0.29, 0.717) is 28.4 Å². The quantitative estimate of drug-likeness (QED) is 0.543. The van der Waals surface area contributed by atoms with Crippen molar-refractivity contribution in [2.45, 2.75) is 32.0 Å². The Morgan fingerprint density at radius 3 is 2.78 bits per heavy atom. The molecule has 2 aliphatic rings. The molecule has 0 unspecified atom stereocenters. The molecule has 2 aliphatic heterocycles. The molecule has 3 aromatic carbocycles. The molecular weight excluding hydrogens is 426 g/mol. The van der Waals surface area contributed by atoms with Crippen LogP contribution in [0, 0.1) is 6.92 Å². The summed E-state index contributed by atoms with van der Waals surface area (Å²) in [7, 11) is 0. The predicted octanol–water partition coefficient (Wildman–Crippen LogP) is 5.67. The van der Waals surface area contributed by atoms with Gasteiger partial charge in [0.1, 0.15) is 5.75 Å². The SMILES string of the molecule is Cc1cccc(NC(=O)c2cccc(N3C(=O)N[C@H]4C[C@@]3(C)Oc3ccc(Cl)cc34)c2)c1. The fourth-order valence-electron chi connectivity index (χ4n) is 4.45. The fraction of sp³-hybridized carbons (Fsp3) is 0.200. The molecule has 162 valence electrons. The van der Waals surface area contributed by atoms with Gasteiger partial charge in [-0.15, -0.1) is 0 Å². The number of carbonyl (C=O) groups excluding carboxylic acids is 2. The van der Waals surface area contributed by atoms with Gasteiger partial charge in [-0.2, -0.15) is 0 Å². The highest BCUT2D eigenvalue weighted by molar-refractivity contribution is 6.30. The van der Waals surface area contributed by atoms with Crippen LogP contribution in [0.4, 0.5) is 16.2 Å². The summed E-state index contributed by atoms with van der Waals surface area (Å²) in [5.41, 5.74) is 2.77. The first-order chi connectivity index (χ1) is 15.3. The minimum Gasteiger partial charge on any atom is -0.467 e. The van der Waals surface area contributed by atoms with Crippen LogP contribution in [0.5, 0.6) is 5.75 Å². The molecule has 0 aliphatic carbocycles. The molecule has 0 radical (unpaired) electrons. The maximum Gasteiger partial charge on any atom is 0.325 e. The van der Waals surface area contributed by atoms with Gasteiger partial charge in [-0.05, 0) is 67.9 Å². The second kappa shape index (κ2) is 7.57. The van der Waals surface area contributed by atoms with Crippen molar-refractivity contribution >= 4 is 34.9 Å². The summed E-state index contributed by atoms with van der Waals surface area (Å²) in [4.78, 5) is 27.6. The summed E-state index contributed by atoms with van der Waals surface area (Å²) < 4.78 is 6.30. The lowest BCUT2D eigenvalue weighted by molar-refractivity contribution is 0.0378. The van der Waals surface area contributed by atoms with Crippen LogP contribution in [-0.2, 0) is 0 Å². The summed E-state index contributed by atoms with van der Waals surface area (Å²) in [6.45, 7) is 3.85. The van der Waals surface area contributed by atoms with Crippen LogP contribution in [0.15, 0.2) is 66.7 Å². The largest absolute Gasteiger partial charge is 0.467 e. The Morgan fingerprint density at radius 2 is 1.97 bits per heavy atom. The molecule has 3 aromatic rings. The zero-order valence-electron chi connectivity index (χ0n) is 17.7. The summed E-state index contributed by atoms with van der Waals surface area (Å²) in [5, 5.41) is 6.55. The van der Waals surface area contributed by atoms with Crippen molar-refractivity contribution in [3.63, 3.8) is 0 Å². The average molecular weight is 448 g/mol. The van der Waals surface area contributed by atoms with E-state index in [0.717, 1.165) is 16.8 Å². The number of carbonyl (C=O) groups is 2. The molecule has 0 aromatic heterocycles. The highest BCUT2D eigenvalue weighted by atomic mass is 35.5. The minimum absolute atomic E-state index is 0.195. The van der Waals surface area contributed by atoms with Crippen molar-refractivity contribution in [1.29, 1.82) is 0 Å². The topological polar surface area (TPSA) is 70.7 Å². The minimum atomic E-state index is -0.903. The Balaban J connectivity index is 1.45. The number of urea groups is 1. The number of rotatable bonds is 3. The Kier molecular flexibility index (Phi) is 4.82. The first-order valence-corrected chi connectivity index (χ1v) is 10.8. The van der Waals surface area contributed by atoms with E-state index in [-0.39, 0.29) is 18.0 Å². The predicted molar refractivity (Wildman–Crippen MR) is 124 cm³/mol. The Bertz CT molecular complexity index is 1240. The number of nitrogens with one attached hydrogen (secondary N) is 2. The second-order valence-electron chi connectivity index (χ2n) is 8.37. The van der Waals surface area contributed by atoms with Crippen LogP contribution in [0.25, 0.3) is 0 Å². The third-order valence-electron chi connectivity index (χ3n) is 5.88. The van der Waals surface area contributed by atoms with Gasteiger partial charge in [0.2, 0.25) is 0 Å². The van der Waals surface area contributed by atoms with E-state index in [9.17, 15) is 9.59 Å². The summed E-state index contributed by atoms with van der Waals surface area (Å²) >= 11 is 6.15. The number of aryl methyl sites for hydroxylation is 1. The standard InChI is InChI=1S/C25H22ClN3O3/c1-15-5-3-7-18(11-15)27-23(30)16-6-4-8-19(12-16)29-24(31)28-21-14-25(29,2)32-22-10-9-17(26)13-20(21)22/h3-13,21H,14H2,1-2H3,(H,27,30)(H,28,31)/t21-,25+/m0/s1. The van der Waals surface area contributed by atoms with Gasteiger partial charge in [0.15, 0.2) is 5.72 Å². The van der Waals surface area contributed by atoms with E-state index in [1.54, 1.807) is 35.2 Å². The number of amides is 3. The van der Waals surface area contributed by atoms with Crippen LogP contribution >= 0.6 is 11.6 Å². The summed E-state index contributed by atoms with van der Waals surface area (Å²) in [5.74, 6) is 0.439. The zero-order chi connectivity index (χ0) is 22.5. The Morgan fingerprint density at radius 1 is 1.16 bits per heavy atom. The maximum atomic E-state index is 13.1. The lowest BCUT2D eigenvalue weighted by Gasteiger charge is -2.50. The van der Waals surface area contributed by atoms with E-state index in [1.165, 1.54) is 0 Å². The Labute approximate surface area is 191 Å². The number of benzene rings is 3. The molecule has 0 saturated carbocycles. The van der Waals surface area contributed by atoms with Crippen LogP contribution in [-0.4, -0.2) is 17.7 Å². The van der Waals surface area contributed by atoms with Gasteiger partial charge in [-0.1, -0.05) is 29.8 Å². The van der Waals surface area contributed by atoms with Gasteiger partial charge in [0.25, 0.3) is 5.91 Å². The number of fused-ring (bicyclic) bond motifs is 4. The number of hydrogen-bond acceptors (Lipinski definition) is 3. The van der Waals surface area contributed by atoms with E-state index in [1.807, 2.05) is 50.2 Å². The number of hydrogen-bond donors (Lipinski definition) is 2. The smallest absolute Gasteiger partial charge is 0.325 e. The van der Waals surface area contributed by atoms with Gasteiger partial charge in [-0.25, -0.2) is 4.79 Å². The molecule has 1 fully saturated rings. The molecule has 2 N–H and O–H groups in total. The molecular formula is C25H22ClN3O3. The van der Waals surface area contributed by atoms with Crippen molar-refractivity contribution < 1.29 is 14.3 Å². The number of ether oxygens (including phenoxy) is 1. The summed E-state index contributed by atoms with van der Waals surface area (Å²) in [6, 6.07) is 19.5. The highest BCUT2D eigenvalue weighted by Gasteiger charge is 2.49. The van der Waals surface area contributed by atoms with Gasteiger partial charge in [0, 0.05) is 28.3 Å². The van der Waals surface area contributed by atoms with Crippen LogP contribution in [0.1, 0.15) is 40.9 Å². The van der Waals surface area contributed by atoms with Crippen LogP contribution < -0.4 is 20.3 Å².